The summed E-state index contributed by atoms with van der Waals surface area (Å²) in [5.74, 6) is -1.09. The molecule has 0 saturated heterocycles. The molecule has 1 rings (SSSR count). The largest absolute Gasteiger partial charge is 0.270 e. The number of nitro groups is 1. The second-order valence-corrected chi connectivity index (χ2v) is 2.72. The normalized spacial score (nSPS) is 10.6. The number of hydrogen-bond donors (Lipinski definition) is 0. The van der Waals surface area contributed by atoms with Gasteiger partial charge in [-0.05, 0) is 12.5 Å². The lowest BCUT2D eigenvalue weighted by Gasteiger charge is -2.04. The fourth-order valence-electron chi connectivity index (χ4n) is 1.04. The zero-order chi connectivity index (χ0) is 10.9. The molecule has 6 heteroatoms. The third kappa shape index (κ3) is 1.84. The van der Waals surface area contributed by atoms with Crippen LogP contribution in [0.3, 0.4) is 0 Å². The van der Waals surface area contributed by atoms with Crippen molar-refractivity contribution in [3.8, 4) is 0 Å². The van der Waals surface area contributed by atoms with Crippen molar-refractivity contribution in [2.75, 3.05) is 0 Å². The molecule has 0 aliphatic carbocycles. The number of nitrogens with zero attached hydrogens (tertiary/aromatic N) is 1. The molecule has 0 saturated carbocycles. The summed E-state index contributed by atoms with van der Waals surface area (Å²) in [4.78, 5) is 9.44. The lowest BCUT2D eigenvalue weighted by Crippen LogP contribution is -1.97. The van der Waals surface area contributed by atoms with Gasteiger partial charge in [0.1, 0.15) is 5.82 Å². The zero-order valence-electron chi connectivity index (χ0n) is 7.13. The first-order valence-corrected chi connectivity index (χ1v) is 3.66. The molecule has 0 bridgehead atoms. The Kier molecular flexibility index (Phi) is 2.73. The first kappa shape index (κ1) is 10.5. The Balaban J connectivity index is 3.35. The highest BCUT2D eigenvalue weighted by atomic mass is 19.3. The van der Waals surface area contributed by atoms with E-state index < -0.39 is 28.4 Å². The number of alkyl halides is 2. The lowest BCUT2D eigenvalue weighted by molar-refractivity contribution is -0.385. The van der Waals surface area contributed by atoms with E-state index in [1.54, 1.807) is 0 Å². The molecule has 0 unspecified atom stereocenters. The van der Waals surface area contributed by atoms with Crippen molar-refractivity contribution in [2.24, 2.45) is 0 Å². The van der Waals surface area contributed by atoms with Gasteiger partial charge in [-0.3, -0.25) is 10.1 Å². The Morgan fingerprint density at radius 1 is 1.43 bits per heavy atom. The first-order valence-electron chi connectivity index (χ1n) is 3.66. The van der Waals surface area contributed by atoms with Gasteiger partial charge in [0, 0.05) is 12.1 Å². The number of non-ortho nitro benzene ring substituents is 1. The molecule has 0 heterocycles. The minimum atomic E-state index is -3.05. The van der Waals surface area contributed by atoms with Crippen LogP contribution in [0.5, 0.6) is 0 Å². The summed E-state index contributed by atoms with van der Waals surface area (Å²) in [7, 11) is 0. The second kappa shape index (κ2) is 3.65. The molecule has 0 aliphatic rings. The van der Waals surface area contributed by atoms with Gasteiger partial charge in [0.05, 0.1) is 10.5 Å². The highest BCUT2D eigenvalue weighted by Crippen LogP contribution is 2.28. The molecule has 0 N–H and O–H groups in total. The average Bonchev–Trinajstić information content (AvgIpc) is 2.08. The standard InChI is InChI=1S/C8H6F3NO2/c1-4-2-5(12(13)14)3-6(7(4)9)8(10)11/h2-3,8H,1H3. The maximum Gasteiger partial charge on any atom is 0.270 e. The number of nitro benzene ring substituents is 1. The van der Waals surface area contributed by atoms with E-state index in [0.29, 0.717) is 6.07 Å². The first-order chi connectivity index (χ1) is 6.43. The molecule has 14 heavy (non-hydrogen) atoms. The number of halogens is 3. The van der Waals surface area contributed by atoms with E-state index in [-0.39, 0.29) is 5.56 Å². The molecule has 0 spiro atoms. The third-order valence-electron chi connectivity index (χ3n) is 1.71. The van der Waals surface area contributed by atoms with Crippen LogP contribution in [-0.4, -0.2) is 4.92 Å². The molecule has 1 aromatic rings. The fourth-order valence-corrected chi connectivity index (χ4v) is 1.04. The molecule has 0 aliphatic heterocycles. The van der Waals surface area contributed by atoms with Crippen LogP contribution in [0.15, 0.2) is 12.1 Å². The molecular formula is C8H6F3NO2. The van der Waals surface area contributed by atoms with Crippen LogP contribution in [0.4, 0.5) is 18.9 Å². The topological polar surface area (TPSA) is 43.1 Å². The maximum absolute atomic E-state index is 13.0. The monoisotopic (exact) mass is 205 g/mol. The molecule has 1 aromatic carbocycles. The smallest absolute Gasteiger partial charge is 0.258 e. The van der Waals surface area contributed by atoms with Crippen molar-refractivity contribution in [3.05, 3.63) is 39.2 Å². The molecule has 0 fully saturated rings. The number of aryl methyl sites for hydroxylation is 1. The SMILES string of the molecule is Cc1cc([N+](=O)[O-])cc(C(F)F)c1F. The summed E-state index contributed by atoms with van der Waals surface area (Å²) in [5.41, 5.74) is -1.62. The second-order valence-electron chi connectivity index (χ2n) is 2.72. The van der Waals surface area contributed by atoms with Crippen molar-refractivity contribution in [1.29, 1.82) is 0 Å². The highest BCUT2D eigenvalue weighted by molar-refractivity contribution is 5.40. The van der Waals surface area contributed by atoms with E-state index in [0.717, 1.165) is 6.07 Å². The van der Waals surface area contributed by atoms with E-state index in [1.807, 2.05) is 0 Å². The molecule has 76 valence electrons. The van der Waals surface area contributed by atoms with Gasteiger partial charge in [0.25, 0.3) is 12.1 Å². The van der Waals surface area contributed by atoms with Gasteiger partial charge in [-0.2, -0.15) is 0 Å². The minimum absolute atomic E-state index is 0.158. The summed E-state index contributed by atoms with van der Waals surface area (Å²) in [6, 6.07) is 1.47. The number of rotatable bonds is 2. The zero-order valence-corrected chi connectivity index (χ0v) is 7.13. The Hall–Kier alpha value is -1.59. The van der Waals surface area contributed by atoms with Crippen LogP contribution in [0, 0.1) is 22.9 Å². The molecule has 0 atom stereocenters. The van der Waals surface area contributed by atoms with Gasteiger partial charge in [-0.25, -0.2) is 13.2 Å². The van der Waals surface area contributed by atoms with Crippen molar-refractivity contribution >= 4 is 5.69 Å². The van der Waals surface area contributed by atoms with Gasteiger partial charge in [-0.15, -0.1) is 0 Å². The lowest BCUT2D eigenvalue weighted by atomic mass is 10.1. The summed E-state index contributed by atoms with van der Waals surface area (Å²) >= 11 is 0. The molecule has 0 amide bonds. The van der Waals surface area contributed by atoms with Gasteiger partial charge < -0.3 is 0 Å². The number of hydrogen-bond acceptors (Lipinski definition) is 2. The van der Waals surface area contributed by atoms with Crippen LogP contribution in [0.25, 0.3) is 0 Å². The predicted molar refractivity (Wildman–Crippen MR) is 42.7 cm³/mol. The number of benzene rings is 1. The molecule has 0 aromatic heterocycles. The molecular weight excluding hydrogens is 199 g/mol. The Bertz CT molecular complexity index is 379. The van der Waals surface area contributed by atoms with Crippen LogP contribution in [0.1, 0.15) is 17.6 Å². The van der Waals surface area contributed by atoms with Crippen molar-refractivity contribution in [1.82, 2.24) is 0 Å². The van der Waals surface area contributed by atoms with Crippen LogP contribution in [-0.2, 0) is 0 Å². The summed E-state index contributed by atoms with van der Waals surface area (Å²) in [6.45, 7) is 1.20. The average molecular weight is 205 g/mol. The van der Waals surface area contributed by atoms with Gasteiger partial charge in [-0.1, -0.05) is 0 Å². The van der Waals surface area contributed by atoms with Crippen molar-refractivity contribution in [2.45, 2.75) is 13.3 Å². The highest BCUT2D eigenvalue weighted by Gasteiger charge is 2.20. The van der Waals surface area contributed by atoms with Gasteiger partial charge in [0.15, 0.2) is 0 Å². The Morgan fingerprint density at radius 3 is 2.43 bits per heavy atom. The van der Waals surface area contributed by atoms with E-state index in [1.165, 1.54) is 6.92 Å². The molecule has 0 radical (unpaired) electrons. The van der Waals surface area contributed by atoms with Crippen molar-refractivity contribution < 1.29 is 18.1 Å². The third-order valence-corrected chi connectivity index (χ3v) is 1.71. The minimum Gasteiger partial charge on any atom is -0.258 e. The fraction of sp³-hybridized carbons (Fsp3) is 0.250. The summed E-state index contributed by atoms with van der Waals surface area (Å²) in [5, 5.41) is 10.3. The maximum atomic E-state index is 13.0. The van der Waals surface area contributed by atoms with E-state index in [2.05, 4.69) is 0 Å². The predicted octanol–water partition coefficient (Wildman–Crippen LogP) is 2.98. The van der Waals surface area contributed by atoms with E-state index >= 15 is 0 Å². The van der Waals surface area contributed by atoms with Gasteiger partial charge in [0.2, 0.25) is 0 Å². The quantitative estimate of drug-likeness (QED) is 0.550. The Labute approximate surface area is 77.3 Å². The Morgan fingerprint density at radius 2 is 2.00 bits per heavy atom. The van der Waals surface area contributed by atoms with Crippen molar-refractivity contribution in [3.63, 3.8) is 0 Å². The van der Waals surface area contributed by atoms with Crippen LogP contribution in [0.2, 0.25) is 0 Å². The van der Waals surface area contributed by atoms with Gasteiger partial charge >= 0.3 is 0 Å². The van der Waals surface area contributed by atoms with Crippen LogP contribution < -0.4 is 0 Å². The van der Waals surface area contributed by atoms with E-state index in [9.17, 15) is 23.3 Å². The molecule has 3 nitrogen and oxygen atoms in total. The summed E-state index contributed by atoms with van der Waals surface area (Å²) < 4.78 is 37.4. The van der Waals surface area contributed by atoms with E-state index in [4.69, 9.17) is 0 Å². The summed E-state index contributed by atoms with van der Waals surface area (Å²) in [6.07, 6.45) is -3.05. The van der Waals surface area contributed by atoms with Crippen LogP contribution >= 0.6 is 0 Å².